The van der Waals surface area contributed by atoms with Gasteiger partial charge in [-0.25, -0.2) is 16.8 Å². The van der Waals surface area contributed by atoms with Gasteiger partial charge in [0.05, 0.1) is 147 Å². The lowest BCUT2D eigenvalue weighted by Crippen LogP contribution is -2.53. The SMILES string of the molecule is COc1cc2c(cc1OC)[C@@H](Cc1cc(OC)c(OC)c(OC)c1)[N+](C)(CCC(=O)OCC(C)(C)COC(=O)CC[N+]1(C)CCc3cc(OC)c(OC)cc3[C@H]1Cc1cc(OC)c(OC)c(OC)c1)CC2.O=S(=O)([O-])c1ccccc1.O=S(=O)([O-])c1ccccc1. The van der Waals surface area contributed by atoms with Crippen molar-refractivity contribution in [3.05, 3.63) is 143 Å². The molecule has 0 N–H and O–H groups in total. The quantitative estimate of drug-likeness (QED) is 0.0278. The number of methoxy groups -OCH3 is 10. The molecule has 6 aromatic carbocycles. The summed E-state index contributed by atoms with van der Waals surface area (Å²) >= 11 is 0. The summed E-state index contributed by atoms with van der Waals surface area (Å²) in [4.78, 5) is 26.9. The molecule has 0 amide bonds. The zero-order chi connectivity index (χ0) is 66.9. The summed E-state index contributed by atoms with van der Waals surface area (Å²) in [5, 5.41) is 0. The summed E-state index contributed by atoms with van der Waals surface area (Å²) in [7, 11) is 12.0. The summed E-state index contributed by atoms with van der Waals surface area (Å²) in [6.45, 7) is 6.66. The fourth-order valence-corrected chi connectivity index (χ4v) is 12.4. The van der Waals surface area contributed by atoms with E-state index in [4.69, 9.17) is 56.8 Å². The lowest BCUT2D eigenvalue weighted by atomic mass is 9.86. The van der Waals surface area contributed by atoms with Crippen molar-refractivity contribution in [2.24, 2.45) is 5.41 Å². The van der Waals surface area contributed by atoms with Crippen LogP contribution in [-0.4, -0.2) is 171 Å². The molecule has 0 saturated carbocycles. The van der Waals surface area contributed by atoms with Crippen molar-refractivity contribution >= 4 is 32.2 Å². The van der Waals surface area contributed by atoms with Gasteiger partial charge in [-0.15, -0.1) is 0 Å². The van der Waals surface area contributed by atoms with Crippen molar-refractivity contribution in [2.75, 3.05) is 125 Å². The van der Waals surface area contributed by atoms with Crippen LogP contribution in [0.15, 0.2) is 119 Å². The van der Waals surface area contributed by atoms with E-state index in [1.165, 1.54) is 59.7 Å². The first-order valence-corrected chi connectivity index (χ1v) is 32.1. The van der Waals surface area contributed by atoms with Crippen molar-refractivity contribution in [3.63, 3.8) is 0 Å². The number of carbonyl (C=O) groups excluding carboxylic acids is 2. The molecule has 2 aliphatic heterocycles. The van der Waals surface area contributed by atoms with Crippen LogP contribution in [0.1, 0.15) is 72.2 Å². The first kappa shape index (κ1) is 72.1. The van der Waals surface area contributed by atoms with Gasteiger partial charge in [0.1, 0.15) is 32.3 Å². The fourth-order valence-electron chi connectivity index (χ4n) is 11.4. The molecule has 0 saturated heterocycles. The third-order valence-electron chi connectivity index (χ3n) is 16.6. The Labute approximate surface area is 535 Å². The first-order chi connectivity index (χ1) is 43.2. The van der Waals surface area contributed by atoms with Gasteiger partial charge in [0, 0.05) is 42.2 Å². The number of hydrogen-bond donors (Lipinski definition) is 0. The van der Waals surface area contributed by atoms with Crippen LogP contribution in [0.3, 0.4) is 0 Å². The van der Waals surface area contributed by atoms with E-state index in [2.05, 4.69) is 38.4 Å². The largest absolute Gasteiger partial charge is 0.744 e. The smallest absolute Gasteiger partial charge is 0.311 e. The Morgan fingerprint density at radius 1 is 0.451 bits per heavy atom. The zero-order valence-corrected chi connectivity index (χ0v) is 56.0. The minimum Gasteiger partial charge on any atom is -0.744 e. The van der Waals surface area contributed by atoms with E-state index in [-0.39, 0.29) is 59.9 Å². The number of hydrogen-bond acceptors (Lipinski definition) is 20. The highest BCUT2D eigenvalue weighted by molar-refractivity contribution is 7.86. The number of ether oxygens (including phenoxy) is 12. The summed E-state index contributed by atoms with van der Waals surface area (Å²) in [5.41, 5.74) is 5.93. The van der Waals surface area contributed by atoms with Crippen molar-refractivity contribution < 1.29 is 101 Å². The fraction of sp³-hybridized carbons (Fsp3) is 0.433. The average molecular weight is 1300 g/mol. The van der Waals surface area contributed by atoms with Gasteiger partial charge in [0.2, 0.25) is 11.5 Å². The lowest BCUT2D eigenvalue weighted by Gasteiger charge is -2.46. The number of nitrogens with zero attached hydrogens (tertiary/aromatic N) is 2. The molecule has 8 rings (SSSR count). The average Bonchev–Trinajstić information content (AvgIpc) is 0.804. The number of benzene rings is 6. The second kappa shape index (κ2) is 31.8. The molecule has 0 radical (unpaired) electrons. The lowest BCUT2D eigenvalue weighted by molar-refractivity contribution is -0.940. The number of quaternary nitrogens is 2. The highest BCUT2D eigenvalue weighted by atomic mass is 32.2. The van der Waals surface area contributed by atoms with Gasteiger partial charge in [-0.1, -0.05) is 50.2 Å². The highest BCUT2D eigenvalue weighted by Gasteiger charge is 2.43. The maximum absolute atomic E-state index is 13.6. The van der Waals surface area contributed by atoms with E-state index in [9.17, 15) is 35.5 Å². The van der Waals surface area contributed by atoms with Gasteiger partial charge in [0.25, 0.3) is 0 Å². The van der Waals surface area contributed by atoms with Crippen LogP contribution in [0, 0.1) is 5.41 Å². The number of rotatable bonds is 26. The van der Waals surface area contributed by atoms with E-state index < -0.39 is 25.7 Å². The molecule has 22 nitrogen and oxygen atoms in total. The standard InChI is InChI=1S/C55H76N2O14.2C6H6O3S/c1-55(2,33-70-51(58)17-21-56(3)19-15-37-29-43(60-5)45(62-7)31-39(37)41(56)23-35-25-47(64-9)53(68-13)48(26-35)65-10)34-71-52(59)18-22-57(4)20-16-38-30-44(61-6)46(63-8)32-40(38)42(57)24-36-27-49(66-11)54(69-14)50(28-36)67-12;2*7-10(8,9)6-4-2-1-3-5-6/h25-32,41-42H,15-24,33-34H2,1-14H3;2*1-5H,(H,7,8,9)/q+2;;/p-2/t41-,42-,56?,57?;;/m1../s1. The summed E-state index contributed by atoms with van der Waals surface area (Å²) in [5.74, 6) is 5.33. The van der Waals surface area contributed by atoms with Crippen LogP contribution in [0.5, 0.6) is 57.5 Å². The Kier molecular flexibility index (Phi) is 25.2. The van der Waals surface area contributed by atoms with Crippen molar-refractivity contribution in [3.8, 4) is 57.5 Å². The van der Waals surface area contributed by atoms with Gasteiger partial charge >= 0.3 is 11.9 Å². The normalized spacial score (nSPS) is 17.5. The van der Waals surface area contributed by atoms with Crippen LogP contribution < -0.4 is 47.4 Å². The second-order valence-electron chi connectivity index (χ2n) is 23.2. The Bertz CT molecular complexity index is 3380. The molecule has 2 unspecified atom stereocenters. The summed E-state index contributed by atoms with van der Waals surface area (Å²) in [6.07, 6.45) is 3.19. The van der Waals surface area contributed by atoms with Crippen molar-refractivity contribution in [1.82, 2.24) is 0 Å². The predicted molar refractivity (Wildman–Crippen MR) is 337 cm³/mol. The van der Waals surface area contributed by atoms with E-state index in [0.29, 0.717) is 92.4 Å². The molecule has 496 valence electrons. The van der Waals surface area contributed by atoms with Gasteiger partial charge in [-0.2, -0.15) is 0 Å². The Balaban J connectivity index is 0.000000555. The molecule has 0 spiro atoms. The van der Waals surface area contributed by atoms with Crippen LogP contribution in [0.4, 0.5) is 0 Å². The number of likely N-dealkylation sites (N-methyl/N-ethyl adjacent to an activating group) is 2. The molecule has 0 fully saturated rings. The van der Waals surface area contributed by atoms with E-state index in [0.717, 1.165) is 48.2 Å². The first-order valence-electron chi connectivity index (χ1n) is 29.3. The molecule has 0 aliphatic carbocycles. The molecule has 6 aromatic rings. The molecule has 4 atom stereocenters. The molecule has 0 bridgehead atoms. The van der Waals surface area contributed by atoms with E-state index >= 15 is 0 Å². The molecular weight excluding hydrogens is 1220 g/mol. The van der Waals surface area contributed by atoms with Crippen LogP contribution in [-0.2, 0) is 65.0 Å². The van der Waals surface area contributed by atoms with Crippen LogP contribution in [0.2, 0.25) is 0 Å². The summed E-state index contributed by atoms with van der Waals surface area (Å²) < 4.78 is 132. The second-order valence-corrected chi connectivity index (χ2v) is 26.0. The molecule has 0 aromatic heterocycles. The number of carbonyl (C=O) groups is 2. The van der Waals surface area contributed by atoms with Gasteiger partial charge < -0.3 is 74.9 Å². The number of esters is 2. The van der Waals surface area contributed by atoms with Crippen LogP contribution >= 0.6 is 0 Å². The third kappa shape index (κ3) is 18.6. The van der Waals surface area contributed by atoms with Crippen molar-refractivity contribution in [2.45, 2.75) is 74.2 Å². The summed E-state index contributed by atoms with van der Waals surface area (Å²) in [6, 6.07) is 30.4. The Morgan fingerprint density at radius 3 is 1.01 bits per heavy atom. The van der Waals surface area contributed by atoms with Crippen molar-refractivity contribution in [1.29, 1.82) is 0 Å². The molecular formula is C67H86N2O20S2. The van der Waals surface area contributed by atoms with E-state index in [1.54, 1.807) is 83.2 Å². The highest BCUT2D eigenvalue weighted by Crippen LogP contribution is 2.47. The van der Waals surface area contributed by atoms with Crippen LogP contribution in [0.25, 0.3) is 0 Å². The molecule has 2 heterocycles. The maximum atomic E-state index is 13.6. The third-order valence-corrected chi connectivity index (χ3v) is 18.3. The monoisotopic (exact) mass is 1300 g/mol. The van der Waals surface area contributed by atoms with Gasteiger partial charge in [0.15, 0.2) is 46.0 Å². The molecule has 2 aliphatic rings. The topological polar surface area (TPSA) is 259 Å². The predicted octanol–water partition coefficient (Wildman–Crippen LogP) is 9.12. The molecule has 91 heavy (non-hydrogen) atoms. The van der Waals surface area contributed by atoms with Gasteiger partial charge in [-0.05, 0) is 95.1 Å². The van der Waals surface area contributed by atoms with E-state index in [1.807, 2.05) is 38.1 Å². The maximum Gasteiger partial charge on any atom is 0.311 e. The Morgan fingerprint density at radius 2 is 0.747 bits per heavy atom. The minimum atomic E-state index is -4.25. The molecule has 24 heteroatoms. The van der Waals surface area contributed by atoms with Gasteiger partial charge in [-0.3, -0.25) is 9.59 Å². The Hall–Kier alpha value is -8.00. The zero-order valence-electron chi connectivity index (χ0n) is 54.4. The number of fused-ring (bicyclic) bond motifs is 2. The minimum absolute atomic E-state index is 0.0645.